The molecule has 3 nitrogen and oxygen atoms in total. The molecule has 118 valence electrons. The molecule has 0 unspecified atom stereocenters. The Morgan fingerprint density at radius 2 is 1.48 bits per heavy atom. The van der Waals surface area contributed by atoms with E-state index in [4.69, 9.17) is 13.7 Å². The fraction of sp³-hybridized carbons (Fsp3) is 0.368. The van der Waals surface area contributed by atoms with Gasteiger partial charge >= 0.3 is 7.12 Å². The van der Waals surface area contributed by atoms with Crippen LogP contribution in [0.15, 0.2) is 46.9 Å². The zero-order valence-electron chi connectivity index (χ0n) is 14.1. The van der Waals surface area contributed by atoms with E-state index in [0.717, 1.165) is 21.9 Å². The molecule has 0 N–H and O–H groups in total. The molecule has 1 aromatic heterocycles. The topological polar surface area (TPSA) is 31.6 Å². The first kappa shape index (κ1) is 14.8. The molecule has 1 aliphatic heterocycles. The highest BCUT2D eigenvalue weighted by atomic mass is 16.7. The van der Waals surface area contributed by atoms with Crippen LogP contribution in [0.3, 0.4) is 0 Å². The molecule has 1 aliphatic rings. The molecule has 0 radical (unpaired) electrons. The highest BCUT2D eigenvalue weighted by Gasteiger charge is 2.50. The van der Waals surface area contributed by atoms with Gasteiger partial charge in [0.25, 0.3) is 0 Å². The third-order valence-corrected chi connectivity index (χ3v) is 5.18. The van der Waals surface area contributed by atoms with E-state index in [0.29, 0.717) is 6.32 Å². The first-order valence-corrected chi connectivity index (χ1v) is 8.12. The summed E-state index contributed by atoms with van der Waals surface area (Å²) in [6.07, 6.45) is 0.716. The lowest BCUT2D eigenvalue weighted by atomic mass is 9.79. The summed E-state index contributed by atoms with van der Waals surface area (Å²) in [5.41, 5.74) is 2.43. The quantitative estimate of drug-likeness (QED) is 0.640. The van der Waals surface area contributed by atoms with E-state index in [1.807, 2.05) is 30.3 Å². The van der Waals surface area contributed by atoms with Gasteiger partial charge in [0.15, 0.2) is 0 Å². The van der Waals surface area contributed by atoms with Crippen LogP contribution in [0.1, 0.15) is 33.3 Å². The average Bonchev–Trinajstić information content (AvgIpc) is 2.94. The van der Waals surface area contributed by atoms with Gasteiger partial charge in [-0.15, -0.1) is 0 Å². The zero-order chi connectivity index (χ0) is 16.2. The minimum absolute atomic E-state index is 0.237. The number of hydrogen-bond donors (Lipinski definition) is 0. The van der Waals surface area contributed by atoms with Crippen LogP contribution in [0, 0.1) is 0 Å². The van der Waals surface area contributed by atoms with Gasteiger partial charge in [0.1, 0.15) is 11.2 Å². The predicted octanol–water partition coefficient (Wildman–Crippen LogP) is 4.76. The summed E-state index contributed by atoms with van der Waals surface area (Å²) >= 11 is 0. The van der Waals surface area contributed by atoms with Crippen molar-refractivity contribution >= 4 is 29.1 Å². The Morgan fingerprint density at radius 3 is 2.22 bits per heavy atom. The van der Waals surface area contributed by atoms with Gasteiger partial charge in [-0.25, -0.2) is 0 Å². The van der Waals surface area contributed by atoms with Crippen molar-refractivity contribution in [2.45, 2.75) is 45.2 Å². The van der Waals surface area contributed by atoms with Gasteiger partial charge in [0.05, 0.1) is 11.2 Å². The van der Waals surface area contributed by atoms with Gasteiger partial charge in [-0.2, -0.15) is 0 Å². The molecule has 0 saturated carbocycles. The minimum Gasteiger partial charge on any atom is -0.456 e. The van der Waals surface area contributed by atoms with Crippen molar-refractivity contribution in [2.75, 3.05) is 0 Å². The van der Waals surface area contributed by atoms with Gasteiger partial charge in [0.2, 0.25) is 0 Å². The molecule has 1 saturated heterocycles. The SMILES string of the molecule is CC1(C)OB(Cc2cccc3oc4ccccc4c23)OC1(C)C. The molecule has 3 aromatic rings. The molecule has 0 bridgehead atoms. The molecular formula is C19H21BO3. The van der Waals surface area contributed by atoms with Gasteiger partial charge in [-0.1, -0.05) is 30.3 Å². The first-order chi connectivity index (χ1) is 10.9. The largest absolute Gasteiger partial charge is 0.462 e. The molecule has 0 amide bonds. The molecule has 4 heteroatoms. The van der Waals surface area contributed by atoms with Crippen LogP contribution in [-0.4, -0.2) is 18.3 Å². The predicted molar refractivity (Wildman–Crippen MR) is 93.5 cm³/mol. The number of furan rings is 1. The van der Waals surface area contributed by atoms with E-state index in [1.54, 1.807) is 0 Å². The summed E-state index contributed by atoms with van der Waals surface area (Å²) < 4.78 is 18.3. The van der Waals surface area contributed by atoms with Gasteiger partial charge in [-0.05, 0) is 45.4 Å². The molecular weight excluding hydrogens is 287 g/mol. The maximum Gasteiger partial charge on any atom is 0.462 e. The van der Waals surface area contributed by atoms with E-state index in [1.165, 1.54) is 5.56 Å². The van der Waals surface area contributed by atoms with Crippen molar-refractivity contribution in [1.82, 2.24) is 0 Å². The zero-order valence-corrected chi connectivity index (χ0v) is 14.1. The lowest BCUT2D eigenvalue weighted by Gasteiger charge is -2.32. The Bertz CT molecular complexity index is 863. The summed E-state index contributed by atoms with van der Waals surface area (Å²) in [5.74, 6) is 0. The number of fused-ring (bicyclic) bond motifs is 3. The van der Waals surface area contributed by atoms with Crippen LogP contribution in [-0.2, 0) is 15.6 Å². The second-order valence-corrected chi connectivity index (χ2v) is 7.28. The molecule has 4 rings (SSSR count). The normalized spacial score (nSPS) is 19.7. The van der Waals surface area contributed by atoms with Gasteiger partial charge < -0.3 is 13.7 Å². The Hall–Kier alpha value is -1.78. The molecule has 2 heterocycles. The number of benzene rings is 2. The average molecular weight is 308 g/mol. The van der Waals surface area contributed by atoms with Crippen molar-refractivity contribution in [1.29, 1.82) is 0 Å². The Labute approximate surface area is 136 Å². The van der Waals surface area contributed by atoms with Gasteiger partial charge in [0, 0.05) is 17.1 Å². The molecule has 2 aromatic carbocycles. The maximum atomic E-state index is 6.15. The summed E-state index contributed by atoms with van der Waals surface area (Å²) in [6.45, 7) is 8.34. The van der Waals surface area contributed by atoms with Crippen LogP contribution in [0.2, 0.25) is 0 Å². The molecule has 0 atom stereocenters. The number of rotatable bonds is 2. The summed E-state index contributed by atoms with van der Waals surface area (Å²) in [7, 11) is -0.237. The third kappa shape index (κ3) is 2.28. The molecule has 23 heavy (non-hydrogen) atoms. The highest BCUT2D eigenvalue weighted by molar-refractivity contribution is 6.45. The molecule has 1 fully saturated rings. The van der Waals surface area contributed by atoms with Crippen molar-refractivity contribution in [3.63, 3.8) is 0 Å². The number of hydrogen-bond acceptors (Lipinski definition) is 3. The van der Waals surface area contributed by atoms with Crippen LogP contribution in [0.25, 0.3) is 21.9 Å². The third-order valence-electron chi connectivity index (χ3n) is 5.18. The van der Waals surface area contributed by atoms with Crippen LogP contribution in [0.5, 0.6) is 0 Å². The fourth-order valence-corrected chi connectivity index (χ4v) is 3.25. The van der Waals surface area contributed by atoms with Crippen LogP contribution in [0.4, 0.5) is 0 Å². The fourth-order valence-electron chi connectivity index (χ4n) is 3.25. The van der Waals surface area contributed by atoms with Crippen LogP contribution < -0.4 is 0 Å². The lowest BCUT2D eigenvalue weighted by Crippen LogP contribution is -2.41. The van der Waals surface area contributed by atoms with Crippen molar-refractivity contribution < 1.29 is 13.7 Å². The van der Waals surface area contributed by atoms with E-state index < -0.39 is 0 Å². The second kappa shape index (κ2) is 4.86. The van der Waals surface area contributed by atoms with Crippen molar-refractivity contribution in [2.24, 2.45) is 0 Å². The Balaban J connectivity index is 1.76. The van der Waals surface area contributed by atoms with E-state index in [2.05, 4.69) is 39.8 Å². The summed E-state index contributed by atoms with van der Waals surface area (Å²) in [6, 6.07) is 14.3. The second-order valence-electron chi connectivity index (χ2n) is 7.28. The monoisotopic (exact) mass is 308 g/mol. The van der Waals surface area contributed by atoms with Crippen molar-refractivity contribution in [3.05, 3.63) is 48.0 Å². The standard InChI is InChI=1S/C19H21BO3/c1-18(2)19(3,4)23-20(22-18)12-13-8-7-11-16-17(13)14-9-5-6-10-15(14)21-16/h5-11H,12H2,1-4H3. The van der Waals surface area contributed by atoms with E-state index in [9.17, 15) is 0 Å². The van der Waals surface area contributed by atoms with E-state index >= 15 is 0 Å². The number of para-hydroxylation sites is 1. The van der Waals surface area contributed by atoms with Crippen molar-refractivity contribution in [3.8, 4) is 0 Å². The van der Waals surface area contributed by atoms with E-state index in [-0.39, 0.29) is 18.3 Å². The lowest BCUT2D eigenvalue weighted by molar-refractivity contribution is 0.00578. The Morgan fingerprint density at radius 1 is 0.826 bits per heavy atom. The Kier molecular flexibility index (Phi) is 3.13. The summed E-state index contributed by atoms with van der Waals surface area (Å²) in [4.78, 5) is 0. The summed E-state index contributed by atoms with van der Waals surface area (Å²) in [5, 5.41) is 2.31. The first-order valence-electron chi connectivity index (χ1n) is 8.12. The molecule has 0 aliphatic carbocycles. The van der Waals surface area contributed by atoms with Gasteiger partial charge in [-0.3, -0.25) is 0 Å². The van der Waals surface area contributed by atoms with Crippen LogP contribution >= 0.6 is 0 Å². The maximum absolute atomic E-state index is 6.15. The molecule has 0 spiro atoms. The highest BCUT2D eigenvalue weighted by Crippen LogP contribution is 2.39. The minimum atomic E-state index is -0.302. The smallest absolute Gasteiger partial charge is 0.456 e.